The number of halogens is 2. The molecule has 0 aromatic heterocycles. The van der Waals surface area contributed by atoms with Gasteiger partial charge in [-0.25, -0.2) is 13.3 Å². The van der Waals surface area contributed by atoms with E-state index in [9.17, 15) is 28.6 Å². The molecule has 2 amide bonds. The Kier molecular flexibility index (Phi) is 4.20. The van der Waals surface area contributed by atoms with Crippen molar-refractivity contribution in [3.8, 4) is 0 Å². The van der Waals surface area contributed by atoms with Crippen LogP contribution in [0.5, 0.6) is 0 Å². The molecule has 0 aromatic rings. The third-order valence-electron chi connectivity index (χ3n) is 4.84. The Bertz CT molecular complexity index is 472. The summed E-state index contributed by atoms with van der Waals surface area (Å²) < 4.78 is 26.0. The first-order valence-electron chi connectivity index (χ1n) is 7.37. The molecule has 5 atom stereocenters. The Balaban J connectivity index is 2.35. The first-order valence-corrected chi connectivity index (χ1v) is 7.37. The Labute approximate surface area is 127 Å². The molecule has 2 N–H and O–H groups in total. The third kappa shape index (κ3) is 2.48. The van der Waals surface area contributed by atoms with Crippen molar-refractivity contribution in [2.45, 2.75) is 57.2 Å². The molecule has 2 saturated heterocycles. The van der Waals surface area contributed by atoms with Crippen LogP contribution in [0.25, 0.3) is 0 Å². The average molecular weight is 321 g/mol. The van der Waals surface area contributed by atoms with Gasteiger partial charge in [-0.15, -0.1) is 0 Å². The summed E-state index contributed by atoms with van der Waals surface area (Å²) in [5, 5.41) is 19.7. The van der Waals surface area contributed by atoms with Crippen LogP contribution in [0.15, 0.2) is 0 Å². The molecule has 126 valence electrons. The second-order valence-corrected chi connectivity index (χ2v) is 7.19. The van der Waals surface area contributed by atoms with Crippen LogP contribution in [0.3, 0.4) is 0 Å². The zero-order valence-corrected chi connectivity index (χ0v) is 13.0. The number of carbonyl (C=O) groups is 2. The van der Waals surface area contributed by atoms with E-state index in [0.717, 1.165) is 4.90 Å². The van der Waals surface area contributed by atoms with Gasteiger partial charge in [0.1, 0.15) is 18.2 Å². The highest BCUT2D eigenvalue weighted by atomic mass is 19.2. The average Bonchev–Trinajstić information content (AvgIpc) is 2.90. The van der Waals surface area contributed by atoms with Gasteiger partial charge < -0.3 is 15.1 Å². The van der Waals surface area contributed by atoms with Gasteiger partial charge in [-0.2, -0.15) is 4.79 Å². The van der Waals surface area contributed by atoms with E-state index in [1.807, 2.05) is 0 Å². The van der Waals surface area contributed by atoms with Crippen LogP contribution in [0, 0.1) is 0 Å². The number of aliphatic hydroxyl groups excluding tert-OH is 1. The minimum atomic E-state index is -1.74. The van der Waals surface area contributed by atoms with Gasteiger partial charge in [0, 0.05) is 6.42 Å². The summed E-state index contributed by atoms with van der Waals surface area (Å²) in [5.74, 6) is -0.600. The summed E-state index contributed by atoms with van der Waals surface area (Å²) in [4.78, 5) is 25.6. The maximum atomic E-state index is 13.3. The van der Waals surface area contributed by atoms with Crippen molar-refractivity contribution >= 4 is 12.0 Å². The zero-order chi connectivity index (χ0) is 16.9. The van der Waals surface area contributed by atoms with Gasteiger partial charge in [-0.1, -0.05) is 0 Å². The van der Waals surface area contributed by atoms with Crippen molar-refractivity contribution in [2.75, 3.05) is 19.6 Å². The number of aliphatic hydroxyl groups is 1. The molecule has 2 fully saturated rings. The lowest BCUT2D eigenvalue weighted by Gasteiger charge is -2.44. The third-order valence-corrected chi connectivity index (χ3v) is 4.84. The molecule has 2 heterocycles. The fraction of sp³-hybridized carbons (Fsp3) is 0.857. The number of hydrogen-bond donors (Lipinski definition) is 2. The topological polar surface area (TPSA) is 77.8 Å². The van der Waals surface area contributed by atoms with E-state index in [1.54, 1.807) is 20.8 Å². The van der Waals surface area contributed by atoms with Gasteiger partial charge in [0.05, 0.1) is 13.1 Å². The monoisotopic (exact) mass is 321 g/mol. The van der Waals surface area contributed by atoms with Crippen LogP contribution >= 0.6 is 0 Å². The number of likely N-dealkylation sites (tertiary alicyclic amines) is 2. The van der Waals surface area contributed by atoms with E-state index in [0.29, 0.717) is 0 Å². The highest BCUT2D eigenvalue weighted by Gasteiger charge is 2.63. The van der Waals surface area contributed by atoms with Gasteiger partial charge in [0.2, 0.25) is 0 Å². The number of rotatable bonds is 1. The lowest BCUT2D eigenvalue weighted by atomic mass is 9.99. The molecule has 0 aromatic carbocycles. The first-order chi connectivity index (χ1) is 10.0. The van der Waals surface area contributed by atoms with Crippen LogP contribution in [0.2, 0.25) is 0 Å². The summed E-state index contributed by atoms with van der Waals surface area (Å²) in [6, 6.07) is -1.04. The predicted molar refractivity (Wildman–Crippen MR) is 73.7 cm³/mol. The fourth-order valence-electron chi connectivity index (χ4n) is 3.62. The van der Waals surface area contributed by atoms with Crippen LogP contribution in [-0.4, -0.2) is 81.3 Å². The van der Waals surface area contributed by atoms with Gasteiger partial charge in [0.15, 0.2) is 18.4 Å². The zero-order valence-electron chi connectivity index (χ0n) is 13.0. The van der Waals surface area contributed by atoms with Crippen LogP contribution in [-0.2, 0) is 4.79 Å². The normalized spacial score (nSPS) is 39.3. The van der Waals surface area contributed by atoms with Crippen molar-refractivity contribution in [3.05, 3.63) is 0 Å². The SMILES string of the molecule is CC(C)(C)[N+]1(C(=O)O)C[C@H](O)C[C@H]1C(=O)N1C[C@@H](F)[C@@H](F)C1. The molecule has 0 aliphatic carbocycles. The Hall–Kier alpha value is -1.28. The molecule has 2 aliphatic heterocycles. The van der Waals surface area contributed by atoms with E-state index < -0.39 is 46.5 Å². The maximum absolute atomic E-state index is 13.3. The number of hydrogen-bond acceptors (Lipinski definition) is 3. The molecule has 6 nitrogen and oxygen atoms in total. The molecule has 0 radical (unpaired) electrons. The number of nitrogens with zero attached hydrogens (tertiary/aromatic N) is 2. The van der Waals surface area contributed by atoms with Crippen LogP contribution < -0.4 is 0 Å². The van der Waals surface area contributed by atoms with Crippen molar-refractivity contribution < 1.29 is 33.1 Å². The molecule has 0 spiro atoms. The van der Waals surface area contributed by atoms with Gasteiger partial charge in [-0.3, -0.25) is 4.79 Å². The summed E-state index contributed by atoms with van der Waals surface area (Å²) in [5.41, 5.74) is -0.840. The largest absolute Gasteiger partial charge is 0.514 e. The number of quaternary nitrogens is 1. The second-order valence-electron chi connectivity index (χ2n) is 7.19. The molecular weight excluding hydrogens is 298 g/mol. The molecule has 8 heteroatoms. The molecule has 22 heavy (non-hydrogen) atoms. The summed E-state index contributed by atoms with van der Waals surface area (Å²) in [7, 11) is 0. The van der Waals surface area contributed by atoms with Crippen molar-refractivity contribution in [1.29, 1.82) is 0 Å². The number of alkyl halides is 2. The van der Waals surface area contributed by atoms with Crippen LogP contribution in [0.4, 0.5) is 13.6 Å². The highest BCUT2D eigenvalue weighted by Crippen LogP contribution is 2.38. The van der Waals surface area contributed by atoms with Crippen LogP contribution in [0.1, 0.15) is 27.2 Å². The van der Waals surface area contributed by atoms with E-state index >= 15 is 0 Å². The minimum Gasteiger partial charge on any atom is -0.435 e. The Morgan fingerprint density at radius 2 is 1.68 bits per heavy atom. The summed E-state index contributed by atoms with van der Waals surface area (Å²) in [6.07, 6.45) is -5.65. The smallest absolute Gasteiger partial charge is 0.435 e. The minimum absolute atomic E-state index is 0.0210. The Morgan fingerprint density at radius 1 is 1.18 bits per heavy atom. The van der Waals surface area contributed by atoms with Crippen molar-refractivity contribution in [3.63, 3.8) is 0 Å². The van der Waals surface area contributed by atoms with Gasteiger partial charge in [0.25, 0.3) is 5.91 Å². The molecule has 2 aliphatic rings. The lowest BCUT2D eigenvalue weighted by Crippen LogP contribution is -2.69. The standard InChI is InChI=1S/C14H22F2N2O4/c1-14(2,3)18(13(21)22)7-8(19)4-11(18)12(20)17-5-9(15)10(16)6-17/h8-11,19H,4-7H2,1-3H3/p+1/t8-,9-,10+,11+,18?/m1/s1. The summed E-state index contributed by atoms with van der Waals surface area (Å²) in [6.45, 7) is 4.21. The van der Waals surface area contributed by atoms with Gasteiger partial charge in [-0.05, 0) is 20.8 Å². The predicted octanol–water partition coefficient (Wildman–Crippen LogP) is 0.931. The van der Waals surface area contributed by atoms with E-state index in [4.69, 9.17) is 0 Å². The number of carboxylic acid groups (broad SMARTS) is 1. The van der Waals surface area contributed by atoms with E-state index in [1.165, 1.54) is 0 Å². The van der Waals surface area contributed by atoms with E-state index in [-0.39, 0.29) is 26.1 Å². The lowest BCUT2D eigenvalue weighted by molar-refractivity contribution is -0.907. The molecule has 1 unspecified atom stereocenters. The first kappa shape index (κ1) is 17.1. The molecule has 2 rings (SSSR count). The van der Waals surface area contributed by atoms with E-state index in [2.05, 4.69) is 0 Å². The molecular formula is C14H23F2N2O4+. The fourth-order valence-corrected chi connectivity index (χ4v) is 3.62. The molecule has 0 bridgehead atoms. The highest BCUT2D eigenvalue weighted by molar-refractivity contribution is 5.83. The van der Waals surface area contributed by atoms with Crippen molar-refractivity contribution in [1.82, 2.24) is 4.90 Å². The van der Waals surface area contributed by atoms with Gasteiger partial charge >= 0.3 is 6.09 Å². The second kappa shape index (κ2) is 5.42. The van der Waals surface area contributed by atoms with Crippen molar-refractivity contribution in [2.24, 2.45) is 0 Å². The number of amides is 2. The summed E-state index contributed by atoms with van der Waals surface area (Å²) >= 11 is 0. The Morgan fingerprint density at radius 3 is 2.09 bits per heavy atom. The number of carbonyl (C=O) groups excluding carboxylic acids is 1. The maximum Gasteiger partial charge on any atom is 0.514 e. The quantitative estimate of drug-likeness (QED) is 0.705. The molecule has 0 saturated carbocycles.